The van der Waals surface area contributed by atoms with Gasteiger partial charge in [-0.15, -0.1) is 11.3 Å². The van der Waals surface area contributed by atoms with Gasteiger partial charge in [-0.2, -0.15) is 0 Å². The Morgan fingerprint density at radius 3 is 2.57 bits per heavy atom. The van der Waals surface area contributed by atoms with Crippen LogP contribution in [0, 0.1) is 0 Å². The monoisotopic (exact) mass is 422 g/mol. The van der Waals surface area contributed by atoms with Crippen LogP contribution in [0.3, 0.4) is 0 Å². The number of thiazole rings is 1. The molecule has 2 N–H and O–H groups in total. The van der Waals surface area contributed by atoms with E-state index in [4.69, 9.17) is 0 Å². The molecule has 1 aliphatic heterocycles. The molecule has 1 fully saturated rings. The maximum atomic E-state index is 12.3. The Morgan fingerprint density at radius 2 is 1.83 bits per heavy atom. The smallest absolute Gasteiger partial charge is 0.230 e. The Morgan fingerprint density at radius 1 is 1.10 bits per heavy atom. The molecule has 2 heterocycles. The molecule has 3 aromatic rings. The van der Waals surface area contributed by atoms with Crippen molar-refractivity contribution < 1.29 is 9.90 Å². The summed E-state index contributed by atoms with van der Waals surface area (Å²) in [4.78, 5) is 21.7. The second kappa shape index (κ2) is 9.38. The molecule has 1 saturated heterocycles. The minimum absolute atomic E-state index is 0.0569. The SMILES string of the molecule is CN1CCN(Cc2ccc(-c3nc(CC(=O)Nc4ccccc4O)cs3)cc2)CC1. The van der Waals surface area contributed by atoms with E-state index in [0.717, 1.165) is 49.0 Å². The van der Waals surface area contributed by atoms with Gasteiger partial charge in [0.1, 0.15) is 10.8 Å². The number of aromatic hydroxyl groups is 1. The van der Waals surface area contributed by atoms with Crippen molar-refractivity contribution in [3.63, 3.8) is 0 Å². The van der Waals surface area contributed by atoms with Crippen LogP contribution in [0.15, 0.2) is 53.9 Å². The van der Waals surface area contributed by atoms with Gasteiger partial charge >= 0.3 is 0 Å². The molecule has 1 amide bonds. The summed E-state index contributed by atoms with van der Waals surface area (Å²) in [6, 6.07) is 15.2. The molecule has 0 spiro atoms. The van der Waals surface area contributed by atoms with Crippen molar-refractivity contribution in [2.45, 2.75) is 13.0 Å². The number of likely N-dealkylation sites (N-methyl/N-ethyl adjacent to an activating group) is 1. The maximum absolute atomic E-state index is 12.3. The van der Waals surface area contributed by atoms with Crippen molar-refractivity contribution in [1.29, 1.82) is 0 Å². The van der Waals surface area contributed by atoms with Gasteiger partial charge in [-0.1, -0.05) is 36.4 Å². The zero-order valence-corrected chi connectivity index (χ0v) is 17.9. The van der Waals surface area contributed by atoms with Crippen molar-refractivity contribution in [1.82, 2.24) is 14.8 Å². The summed E-state index contributed by atoms with van der Waals surface area (Å²) in [7, 11) is 2.17. The van der Waals surface area contributed by atoms with E-state index < -0.39 is 0 Å². The van der Waals surface area contributed by atoms with Crippen LogP contribution < -0.4 is 5.32 Å². The molecule has 4 rings (SSSR count). The van der Waals surface area contributed by atoms with Crippen LogP contribution in [0.1, 0.15) is 11.3 Å². The number of para-hydroxylation sites is 2. The van der Waals surface area contributed by atoms with Gasteiger partial charge in [-0.3, -0.25) is 9.69 Å². The first-order chi connectivity index (χ1) is 14.6. The fourth-order valence-corrected chi connectivity index (χ4v) is 4.30. The summed E-state index contributed by atoms with van der Waals surface area (Å²) in [6.45, 7) is 5.44. The second-order valence-electron chi connectivity index (χ2n) is 7.66. The minimum Gasteiger partial charge on any atom is -0.506 e. The number of aromatic nitrogens is 1. The number of carbonyl (C=O) groups excluding carboxylic acids is 1. The molecular weight excluding hydrogens is 396 g/mol. The lowest BCUT2D eigenvalue weighted by molar-refractivity contribution is -0.115. The molecule has 0 aliphatic carbocycles. The van der Waals surface area contributed by atoms with E-state index in [-0.39, 0.29) is 18.1 Å². The predicted molar refractivity (Wildman–Crippen MR) is 121 cm³/mol. The summed E-state index contributed by atoms with van der Waals surface area (Å²) in [6.07, 6.45) is 0.173. The molecule has 2 aromatic carbocycles. The van der Waals surface area contributed by atoms with Gasteiger partial charge in [0.2, 0.25) is 5.91 Å². The molecule has 30 heavy (non-hydrogen) atoms. The summed E-state index contributed by atoms with van der Waals surface area (Å²) in [5, 5.41) is 15.3. The van der Waals surface area contributed by atoms with Crippen LogP contribution in [-0.2, 0) is 17.8 Å². The fourth-order valence-electron chi connectivity index (χ4n) is 3.48. The van der Waals surface area contributed by atoms with Crippen molar-refractivity contribution in [3.8, 4) is 16.3 Å². The molecule has 1 aromatic heterocycles. The summed E-state index contributed by atoms with van der Waals surface area (Å²) in [5.41, 5.74) is 3.51. The summed E-state index contributed by atoms with van der Waals surface area (Å²) in [5.74, 6) is -0.141. The topological polar surface area (TPSA) is 68.7 Å². The van der Waals surface area contributed by atoms with E-state index in [9.17, 15) is 9.90 Å². The van der Waals surface area contributed by atoms with Crippen LogP contribution in [0.4, 0.5) is 5.69 Å². The quantitative estimate of drug-likeness (QED) is 0.596. The molecule has 0 bridgehead atoms. The molecule has 1 aliphatic rings. The number of nitrogens with one attached hydrogen (secondary N) is 1. The Bertz CT molecular complexity index is 994. The maximum Gasteiger partial charge on any atom is 0.230 e. The van der Waals surface area contributed by atoms with Gasteiger partial charge < -0.3 is 15.3 Å². The molecule has 0 radical (unpaired) electrons. The zero-order chi connectivity index (χ0) is 20.9. The first-order valence-corrected chi connectivity index (χ1v) is 11.0. The van der Waals surface area contributed by atoms with Crippen molar-refractivity contribution >= 4 is 22.9 Å². The predicted octanol–water partition coefficient (Wildman–Crippen LogP) is 3.44. The zero-order valence-electron chi connectivity index (χ0n) is 17.0. The van der Waals surface area contributed by atoms with Gasteiger partial charge in [0.05, 0.1) is 17.8 Å². The highest BCUT2D eigenvalue weighted by Crippen LogP contribution is 2.26. The lowest BCUT2D eigenvalue weighted by Gasteiger charge is -2.32. The summed E-state index contributed by atoms with van der Waals surface area (Å²) < 4.78 is 0. The molecule has 7 heteroatoms. The average molecular weight is 423 g/mol. The summed E-state index contributed by atoms with van der Waals surface area (Å²) >= 11 is 1.54. The van der Waals surface area contributed by atoms with E-state index in [1.807, 2.05) is 5.38 Å². The molecule has 6 nitrogen and oxygen atoms in total. The van der Waals surface area contributed by atoms with Crippen molar-refractivity contribution in [3.05, 3.63) is 65.2 Å². The Kier molecular flexibility index (Phi) is 6.42. The number of carbonyl (C=O) groups is 1. The lowest BCUT2D eigenvalue weighted by Crippen LogP contribution is -2.43. The normalized spacial score (nSPS) is 15.2. The third kappa shape index (κ3) is 5.24. The molecular formula is C23H26N4O2S. The largest absolute Gasteiger partial charge is 0.506 e. The van der Waals surface area contributed by atoms with E-state index in [0.29, 0.717) is 5.69 Å². The van der Waals surface area contributed by atoms with Crippen molar-refractivity contribution in [2.24, 2.45) is 0 Å². The number of amides is 1. The van der Waals surface area contributed by atoms with E-state index in [2.05, 4.69) is 51.4 Å². The van der Waals surface area contributed by atoms with Crippen LogP contribution in [0.5, 0.6) is 5.75 Å². The Balaban J connectivity index is 1.34. The number of phenols is 1. The van der Waals surface area contributed by atoms with Gasteiger partial charge in [-0.05, 0) is 24.7 Å². The van der Waals surface area contributed by atoms with E-state index in [1.165, 1.54) is 16.9 Å². The number of benzene rings is 2. The third-order valence-corrected chi connectivity index (χ3v) is 6.21. The number of hydrogen-bond acceptors (Lipinski definition) is 6. The molecule has 0 atom stereocenters. The number of anilines is 1. The average Bonchev–Trinajstić information content (AvgIpc) is 3.20. The van der Waals surface area contributed by atoms with Crippen LogP contribution in [0.25, 0.3) is 10.6 Å². The molecule has 0 saturated carbocycles. The molecule has 0 unspecified atom stereocenters. The van der Waals surface area contributed by atoms with Crippen LogP contribution >= 0.6 is 11.3 Å². The first kappa shape index (κ1) is 20.5. The molecule has 156 valence electrons. The third-order valence-electron chi connectivity index (χ3n) is 5.27. The number of phenolic OH excluding ortho intramolecular Hbond substituents is 1. The van der Waals surface area contributed by atoms with Gasteiger partial charge in [-0.25, -0.2) is 4.98 Å². The highest BCUT2D eigenvalue weighted by atomic mass is 32.1. The standard InChI is InChI=1S/C23H26N4O2S/c1-26-10-12-27(13-11-26)15-17-6-8-18(9-7-17)23-24-19(16-30-23)14-22(29)25-20-4-2-3-5-21(20)28/h2-9,16,28H,10-15H2,1H3,(H,25,29). The Hall–Kier alpha value is -2.74. The van der Waals surface area contributed by atoms with Gasteiger partial charge in [0.15, 0.2) is 0 Å². The number of piperazine rings is 1. The van der Waals surface area contributed by atoms with E-state index in [1.54, 1.807) is 24.3 Å². The number of rotatable bonds is 6. The highest BCUT2D eigenvalue weighted by Gasteiger charge is 2.14. The second-order valence-corrected chi connectivity index (χ2v) is 8.52. The number of nitrogens with zero attached hydrogens (tertiary/aromatic N) is 3. The highest BCUT2D eigenvalue weighted by molar-refractivity contribution is 7.13. The minimum atomic E-state index is -0.198. The van der Waals surface area contributed by atoms with E-state index >= 15 is 0 Å². The van der Waals surface area contributed by atoms with Gasteiger partial charge in [0, 0.05) is 43.7 Å². The first-order valence-electron chi connectivity index (χ1n) is 10.1. The van der Waals surface area contributed by atoms with Crippen molar-refractivity contribution in [2.75, 3.05) is 38.5 Å². The van der Waals surface area contributed by atoms with Gasteiger partial charge in [0.25, 0.3) is 0 Å². The lowest BCUT2D eigenvalue weighted by atomic mass is 10.1. The number of hydrogen-bond donors (Lipinski definition) is 2. The Labute approximate surface area is 180 Å². The van der Waals surface area contributed by atoms with Crippen LogP contribution in [-0.4, -0.2) is 59.0 Å². The van der Waals surface area contributed by atoms with Crippen LogP contribution in [0.2, 0.25) is 0 Å². The fraction of sp³-hybridized carbons (Fsp3) is 0.304.